The van der Waals surface area contributed by atoms with Crippen LogP contribution in [0.25, 0.3) is 0 Å². The van der Waals surface area contributed by atoms with Gasteiger partial charge in [0.05, 0.1) is 23.6 Å². The van der Waals surface area contributed by atoms with Gasteiger partial charge < -0.3 is 15.4 Å². The fraction of sp³-hybridized carbons (Fsp3) is 0.0909. The molecule has 2 amide bonds. The van der Waals surface area contributed by atoms with Gasteiger partial charge in [-0.15, -0.1) is 0 Å². The molecule has 0 aromatic heterocycles. The predicted octanol–water partition coefficient (Wildman–Crippen LogP) is 3.88. The minimum atomic E-state index is -0.208. The average Bonchev–Trinajstić information content (AvgIpc) is 2.73. The number of anilines is 3. The molecule has 0 radical (unpaired) electrons. The minimum absolute atomic E-state index is 0.000309. The molecule has 0 unspecified atom stereocenters. The van der Waals surface area contributed by atoms with Gasteiger partial charge in [-0.1, -0.05) is 42.5 Å². The zero-order chi connectivity index (χ0) is 19.3. The molecule has 0 bridgehead atoms. The number of fused-ring (bicyclic) bond motifs is 1. The van der Waals surface area contributed by atoms with Crippen LogP contribution < -0.4 is 20.3 Å². The van der Waals surface area contributed by atoms with Crippen LogP contribution in [0.15, 0.2) is 78.9 Å². The standard InChI is InChI=1S/C22H19N3O3/c26-21-15-25(19-12-6-4-10-17(19)24-21)22(27)14-23-18-11-5-7-13-20(18)28-16-8-2-1-3-9-16/h1-13,23H,14-15H2,(H,24,26). The Hall–Kier alpha value is -3.80. The van der Waals surface area contributed by atoms with Crippen molar-refractivity contribution in [3.05, 3.63) is 78.9 Å². The summed E-state index contributed by atoms with van der Waals surface area (Å²) < 4.78 is 5.91. The molecule has 1 heterocycles. The highest BCUT2D eigenvalue weighted by atomic mass is 16.5. The molecule has 6 heteroatoms. The summed E-state index contributed by atoms with van der Waals surface area (Å²) in [6.45, 7) is 0.0382. The third-order valence-corrected chi connectivity index (χ3v) is 4.36. The monoisotopic (exact) mass is 373 g/mol. The lowest BCUT2D eigenvalue weighted by Gasteiger charge is -2.29. The number of para-hydroxylation sites is 5. The van der Waals surface area contributed by atoms with E-state index in [1.54, 1.807) is 6.07 Å². The van der Waals surface area contributed by atoms with E-state index in [0.29, 0.717) is 28.6 Å². The highest BCUT2D eigenvalue weighted by Gasteiger charge is 2.26. The van der Waals surface area contributed by atoms with Gasteiger partial charge in [0.1, 0.15) is 12.3 Å². The van der Waals surface area contributed by atoms with Crippen molar-refractivity contribution in [1.82, 2.24) is 0 Å². The number of nitrogens with one attached hydrogen (secondary N) is 2. The van der Waals surface area contributed by atoms with Crippen molar-refractivity contribution in [3.8, 4) is 11.5 Å². The molecule has 3 aromatic rings. The Labute approximate surface area is 162 Å². The van der Waals surface area contributed by atoms with Crippen LogP contribution in [0.3, 0.4) is 0 Å². The van der Waals surface area contributed by atoms with Gasteiger partial charge in [-0.05, 0) is 36.4 Å². The van der Waals surface area contributed by atoms with E-state index in [1.165, 1.54) is 4.90 Å². The molecule has 0 fully saturated rings. The summed E-state index contributed by atoms with van der Waals surface area (Å²) >= 11 is 0. The Kier molecular flexibility index (Phi) is 4.93. The Morgan fingerprint density at radius 3 is 2.54 bits per heavy atom. The Bertz CT molecular complexity index is 1000. The first kappa shape index (κ1) is 17.6. The first-order valence-corrected chi connectivity index (χ1v) is 8.96. The van der Waals surface area contributed by atoms with Crippen LogP contribution in [0.2, 0.25) is 0 Å². The molecule has 2 N–H and O–H groups in total. The van der Waals surface area contributed by atoms with E-state index < -0.39 is 0 Å². The maximum absolute atomic E-state index is 12.8. The Morgan fingerprint density at radius 2 is 1.68 bits per heavy atom. The topological polar surface area (TPSA) is 70.7 Å². The number of hydrogen-bond acceptors (Lipinski definition) is 4. The fourth-order valence-electron chi connectivity index (χ4n) is 3.04. The van der Waals surface area contributed by atoms with Crippen LogP contribution >= 0.6 is 0 Å². The van der Waals surface area contributed by atoms with E-state index in [-0.39, 0.29) is 24.9 Å². The summed E-state index contributed by atoms with van der Waals surface area (Å²) in [5, 5.41) is 5.91. The quantitative estimate of drug-likeness (QED) is 0.712. The van der Waals surface area contributed by atoms with E-state index in [2.05, 4.69) is 10.6 Å². The van der Waals surface area contributed by atoms with Crippen molar-refractivity contribution in [1.29, 1.82) is 0 Å². The molecule has 0 saturated heterocycles. The van der Waals surface area contributed by atoms with E-state index in [9.17, 15) is 9.59 Å². The number of carbonyl (C=O) groups is 2. The first-order chi connectivity index (χ1) is 13.7. The van der Waals surface area contributed by atoms with Crippen molar-refractivity contribution >= 4 is 28.9 Å². The van der Waals surface area contributed by atoms with Crippen LogP contribution in [0.1, 0.15) is 0 Å². The van der Waals surface area contributed by atoms with E-state index >= 15 is 0 Å². The van der Waals surface area contributed by atoms with Gasteiger partial charge in [-0.25, -0.2) is 0 Å². The van der Waals surface area contributed by atoms with Gasteiger partial charge >= 0.3 is 0 Å². The van der Waals surface area contributed by atoms with Crippen molar-refractivity contribution in [2.24, 2.45) is 0 Å². The molecule has 0 spiro atoms. The SMILES string of the molecule is O=C1CN(C(=O)CNc2ccccc2Oc2ccccc2)c2ccccc2N1. The predicted molar refractivity (Wildman–Crippen MR) is 109 cm³/mol. The van der Waals surface area contributed by atoms with Crippen LogP contribution in [-0.4, -0.2) is 24.9 Å². The van der Waals surface area contributed by atoms with E-state index in [1.807, 2.05) is 72.8 Å². The van der Waals surface area contributed by atoms with Gasteiger partial charge in [0, 0.05) is 0 Å². The maximum atomic E-state index is 12.8. The van der Waals surface area contributed by atoms with Crippen LogP contribution in [-0.2, 0) is 9.59 Å². The third kappa shape index (κ3) is 3.81. The van der Waals surface area contributed by atoms with Crippen molar-refractivity contribution in [2.45, 2.75) is 0 Å². The number of hydrogen-bond donors (Lipinski definition) is 2. The minimum Gasteiger partial charge on any atom is -0.455 e. The lowest BCUT2D eigenvalue weighted by molar-refractivity contribution is -0.120. The summed E-state index contributed by atoms with van der Waals surface area (Å²) in [7, 11) is 0. The molecule has 140 valence electrons. The molecule has 0 saturated carbocycles. The molecule has 1 aliphatic rings. The lowest BCUT2D eigenvalue weighted by Crippen LogP contribution is -2.44. The summed E-state index contributed by atoms with van der Waals surface area (Å²) in [5.41, 5.74) is 2.04. The molecule has 3 aromatic carbocycles. The summed E-state index contributed by atoms with van der Waals surface area (Å²) in [5.74, 6) is 0.930. The van der Waals surface area contributed by atoms with Gasteiger partial charge in [-0.3, -0.25) is 14.5 Å². The van der Waals surface area contributed by atoms with Crippen molar-refractivity contribution < 1.29 is 14.3 Å². The summed E-state index contributed by atoms with van der Waals surface area (Å²) in [6, 6.07) is 24.1. The second-order valence-corrected chi connectivity index (χ2v) is 6.31. The van der Waals surface area contributed by atoms with Gasteiger partial charge in [-0.2, -0.15) is 0 Å². The lowest BCUT2D eigenvalue weighted by atomic mass is 10.2. The van der Waals surface area contributed by atoms with E-state index in [4.69, 9.17) is 4.74 Å². The molecule has 6 nitrogen and oxygen atoms in total. The zero-order valence-electron chi connectivity index (χ0n) is 15.1. The highest BCUT2D eigenvalue weighted by Crippen LogP contribution is 2.30. The maximum Gasteiger partial charge on any atom is 0.246 e. The van der Waals surface area contributed by atoms with E-state index in [0.717, 1.165) is 0 Å². The molecular formula is C22H19N3O3. The second-order valence-electron chi connectivity index (χ2n) is 6.31. The normalized spacial score (nSPS) is 12.7. The summed E-state index contributed by atoms with van der Waals surface area (Å²) in [6.07, 6.45) is 0. The number of rotatable bonds is 5. The molecule has 28 heavy (non-hydrogen) atoms. The number of amides is 2. The van der Waals surface area contributed by atoms with Gasteiger partial charge in [0.2, 0.25) is 11.8 Å². The van der Waals surface area contributed by atoms with Crippen molar-refractivity contribution in [3.63, 3.8) is 0 Å². The van der Waals surface area contributed by atoms with Crippen molar-refractivity contribution in [2.75, 3.05) is 28.6 Å². The molecule has 0 atom stereocenters. The third-order valence-electron chi connectivity index (χ3n) is 4.36. The largest absolute Gasteiger partial charge is 0.455 e. The molecular weight excluding hydrogens is 354 g/mol. The number of nitrogens with zero attached hydrogens (tertiary/aromatic N) is 1. The van der Waals surface area contributed by atoms with Crippen LogP contribution in [0, 0.1) is 0 Å². The van der Waals surface area contributed by atoms with Gasteiger partial charge in [0.15, 0.2) is 5.75 Å². The number of carbonyl (C=O) groups excluding carboxylic acids is 2. The fourth-order valence-corrected chi connectivity index (χ4v) is 3.04. The molecule has 0 aliphatic carbocycles. The van der Waals surface area contributed by atoms with Crippen LogP contribution in [0.5, 0.6) is 11.5 Å². The Balaban J connectivity index is 1.48. The Morgan fingerprint density at radius 1 is 0.964 bits per heavy atom. The highest BCUT2D eigenvalue weighted by molar-refractivity contribution is 6.10. The average molecular weight is 373 g/mol. The van der Waals surface area contributed by atoms with Crippen LogP contribution in [0.4, 0.5) is 17.1 Å². The second kappa shape index (κ2) is 7.84. The van der Waals surface area contributed by atoms with Gasteiger partial charge in [0.25, 0.3) is 0 Å². The smallest absolute Gasteiger partial charge is 0.246 e. The number of benzene rings is 3. The summed E-state index contributed by atoms with van der Waals surface area (Å²) in [4.78, 5) is 26.2. The first-order valence-electron chi connectivity index (χ1n) is 8.96. The zero-order valence-corrected chi connectivity index (χ0v) is 15.1. The number of ether oxygens (including phenoxy) is 1. The molecule has 4 rings (SSSR count). The molecule has 1 aliphatic heterocycles.